The maximum Gasteiger partial charge on any atom is 0.338 e. The minimum atomic E-state index is -0.303. The molecule has 2 aromatic carbocycles. The van der Waals surface area contributed by atoms with Gasteiger partial charge in [0.2, 0.25) is 0 Å². The molecule has 0 unspecified atom stereocenters. The molecule has 4 nitrogen and oxygen atoms in total. The Bertz CT molecular complexity index is 707. The van der Waals surface area contributed by atoms with E-state index >= 15 is 0 Å². The third kappa shape index (κ3) is 5.75. The van der Waals surface area contributed by atoms with Crippen molar-refractivity contribution in [3.05, 3.63) is 56.5 Å². The molecule has 0 saturated carbocycles. The summed E-state index contributed by atoms with van der Waals surface area (Å²) >= 11 is 7.12. The Morgan fingerprint density at radius 3 is 2.24 bits per heavy atom. The zero-order valence-corrected chi connectivity index (χ0v) is 17.6. The van der Waals surface area contributed by atoms with Gasteiger partial charge in [-0.25, -0.2) is 4.79 Å². The first-order valence-corrected chi connectivity index (χ1v) is 9.65. The topological polar surface area (TPSA) is 47.6 Å². The molecule has 2 rings (SSSR count). The number of carbonyl (C=O) groups is 1. The first-order chi connectivity index (χ1) is 11.9. The Hall–Kier alpha value is -1.53. The molecule has 1 N–H and O–H groups in total. The molecule has 6 heteroatoms. The van der Waals surface area contributed by atoms with Gasteiger partial charge >= 0.3 is 5.97 Å². The summed E-state index contributed by atoms with van der Waals surface area (Å²) in [5.74, 6) is 0.500. The second kappa shape index (κ2) is 9.25. The third-order valence-corrected chi connectivity index (χ3v) is 4.48. The van der Waals surface area contributed by atoms with Crippen LogP contribution in [0.3, 0.4) is 0 Å². The average molecular weight is 471 g/mol. The van der Waals surface area contributed by atoms with Crippen LogP contribution in [0.2, 0.25) is 0 Å². The fraction of sp³-hybridized carbons (Fsp3) is 0.316. The molecule has 2 aromatic rings. The zero-order chi connectivity index (χ0) is 18.4. The van der Waals surface area contributed by atoms with Crippen molar-refractivity contribution in [1.82, 2.24) is 0 Å². The molecular weight excluding hydrogens is 450 g/mol. The van der Waals surface area contributed by atoms with Crippen LogP contribution in [0.5, 0.6) is 5.75 Å². The highest BCUT2D eigenvalue weighted by atomic mass is 79.9. The number of benzene rings is 2. The lowest BCUT2D eigenvalue weighted by Crippen LogP contribution is -2.07. The minimum absolute atomic E-state index is 0.106. The SMILES string of the molecule is CCOC(=O)c1ccc(NCc2cc(Br)c(OC(C)C)c(Br)c2)cc1. The Morgan fingerprint density at radius 1 is 1.12 bits per heavy atom. The van der Waals surface area contributed by atoms with Crippen LogP contribution in [0.25, 0.3) is 0 Å². The highest BCUT2D eigenvalue weighted by molar-refractivity contribution is 9.11. The van der Waals surface area contributed by atoms with Crippen molar-refractivity contribution < 1.29 is 14.3 Å². The van der Waals surface area contributed by atoms with Crippen molar-refractivity contribution >= 4 is 43.5 Å². The molecule has 25 heavy (non-hydrogen) atoms. The first-order valence-electron chi connectivity index (χ1n) is 8.06. The van der Waals surface area contributed by atoms with E-state index < -0.39 is 0 Å². The Balaban J connectivity index is 2.02. The summed E-state index contributed by atoms with van der Waals surface area (Å²) in [6, 6.07) is 11.3. The van der Waals surface area contributed by atoms with Gasteiger partial charge in [0.15, 0.2) is 0 Å². The normalized spacial score (nSPS) is 10.6. The molecule has 0 spiro atoms. The average Bonchev–Trinajstić information content (AvgIpc) is 2.57. The number of anilines is 1. The Kier molecular flexibility index (Phi) is 7.32. The van der Waals surface area contributed by atoms with Gasteiger partial charge in [-0.2, -0.15) is 0 Å². The van der Waals surface area contributed by atoms with Crippen molar-refractivity contribution in [2.24, 2.45) is 0 Å². The second-order valence-electron chi connectivity index (χ2n) is 5.71. The number of hydrogen-bond acceptors (Lipinski definition) is 4. The van der Waals surface area contributed by atoms with Gasteiger partial charge in [-0.3, -0.25) is 0 Å². The lowest BCUT2D eigenvalue weighted by Gasteiger charge is -2.15. The van der Waals surface area contributed by atoms with Crippen LogP contribution in [-0.2, 0) is 11.3 Å². The van der Waals surface area contributed by atoms with Gasteiger partial charge in [0.25, 0.3) is 0 Å². The predicted molar refractivity (Wildman–Crippen MR) is 107 cm³/mol. The van der Waals surface area contributed by atoms with E-state index in [4.69, 9.17) is 9.47 Å². The molecule has 0 saturated heterocycles. The molecule has 0 radical (unpaired) electrons. The summed E-state index contributed by atoms with van der Waals surface area (Å²) in [5.41, 5.74) is 2.58. The van der Waals surface area contributed by atoms with Crippen LogP contribution in [-0.4, -0.2) is 18.7 Å². The fourth-order valence-electron chi connectivity index (χ4n) is 2.21. The van der Waals surface area contributed by atoms with Crippen LogP contribution in [0.1, 0.15) is 36.7 Å². The standard InChI is InChI=1S/C19H21Br2NO3/c1-4-24-19(23)14-5-7-15(8-6-14)22-11-13-9-16(20)18(17(21)10-13)25-12(2)3/h5-10,12,22H,4,11H2,1-3H3. The van der Waals surface area contributed by atoms with Crippen molar-refractivity contribution in [3.63, 3.8) is 0 Å². The molecule has 0 heterocycles. The number of halogens is 2. The van der Waals surface area contributed by atoms with Gasteiger partial charge in [-0.05, 0) is 94.6 Å². The number of carbonyl (C=O) groups excluding carboxylic acids is 1. The molecule has 0 fully saturated rings. The van der Waals surface area contributed by atoms with Crippen molar-refractivity contribution in [3.8, 4) is 5.75 Å². The van der Waals surface area contributed by atoms with Crippen molar-refractivity contribution in [2.45, 2.75) is 33.4 Å². The van der Waals surface area contributed by atoms with E-state index in [-0.39, 0.29) is 12.1 Å². The van der Waals surface area contributed by atoms with Crippen molar-refractivity contribution in [2.75, 3.05) is 11.9 Å². The molecule has 0 atom stereocenters. The predicted octanol–water partition coefficient (Wildman–Crippen LogP) is 5.79. The van der Waals surface area contributed by atoms with Crippen LogP contribution < -0.4 is 10.1 Å². The van der Waals surface area contributed by atoms with Crippen LogP contribution in [0, 0.1) is 0 Å². The maximum absolute atomic E-state index is 11.7. The lowest BCUT2D eigenvalue weighted by molar-refractivity contribution is 0.0526. The summed E-state index contributed by atoms with van der Waals surface area (Å²) in [6.45, 7) is 6.81. The highest BCUT2D eigenvalue weighted by Crippen LogP contribution is 2.35. The summed E-state index contributed by atoms with van der Waals surface area (Å²) in [7, 11) is 0. The van der Waals surface area contributed by atoms with Gasteiger partial charge in [-0.1, -0.05) is 0 Å². The van der Waals surface area contributed by atoms with E-state index in [1.54, 1.807) is 19.1 Å². The van der Waals surface area contributed by atoms with Gasteiger partial charge in [0.05, 0.1) is 27.2 Å². The molecule has 0 aliphatic rings. The smallest absolute Gasteiger partial charge is 0.338 e. The molecule has 0 aliphatic heterocycles. The van der Waals surface area contributed by atoms with Crippen LogP contribution in [0.4, 0.5) is 5.69 Å². The number of rotatable bonds is 7. The van der Waals surface area contributed by atoms with Crippen LogP contribution >= 0.6 is 31.9 Å². The van der Waals surface area contributed by atoms with Gasteiger partial charge in [-0.15, -0.1) is 0 Å². The summed E-state index contributed by atoms with van der Waals surface area (Å²) in [6.07, 6.45) is 0.106. The van der Waals surface area contributed by atoms with E-state index in [0.717, 1.165) is 25.9 Å². The Morgan fingerprint density at radius 2 is 1.72 bits per heavy atom. The van der Waals surface area contributed by atoms with Gasteiger partial charge in [0, 0.05) is 12.2 Å². The van der Waals surface area contributed by atoms with Crippen molar-refractivity contribution in [1.29, 1.82) is 0 Å². The number of esters is 1. The minimum Gasteiger partial charge on any atom is -0.489 e. The number of hydrogen-bond donors (Lipinski definition) is 1. The van der Waals surface area contributed by atoms with E-state index in [9.17, 15) is 4.79 Å². The molecule has 0 aromatic heterocycles. The maximum atomic E-state index is 11.7. The second-order valence-corrected chi connectivity index (χ2v) is 7.42. The molecule has 0 bridgehead atoms. The molecule has 0 amide bonds. The monoisotopic (exact) mass is 469 g/mol. The van der Waals surface area contributed by atoms with Crippen LogP contribution in [0.15, 0.2) is 45.3 Å². The highest BCUT2D eigenvalue weighted by Gasteiger charge is 2.11. The largest absolute Gasteiger partial charge is 0.489 e. The lowest BCUT2D eigenvalue weighted by atomic mass is 10.2. The summed E-state index contributed by atoms with van der Waals surface area (Å²) in [5, 5.41) is 3.34. The van der Waals surface area contributed by atoms with E-state index in [2.05, 4.69) is 37.2 Å². The first kappa shape index (κ1) is 19.8. The molecular formula is C19H21Br2NO3. The fourth-order valence-corrected chi connectivity index (χ4v) is 3.67. The van der Waals surface area contributed by atoms with Gasteiger partial charge < -0.3 is 14.8 Å². The van der Waals surface area contributed by atoms with Gasteiger partial charge in [0.1, 0.15) is 5.75 Å². The molecule has 134 valence electrons. The summed E-state index contributed by atoms with van der Waals surface area (Å²) in [4.78, 5) is 11.7. The van der Waals surface area contributed by atoms with E-state index in [1.165, 1.54) is 0 Å². The summed E-state index contributed by atoms with van der Waals surface area (Å²) < 4.78 is 12.6. The third-order valence-electron chi connectivity index (χ3n) is 3.30. The van der Waals surface area contributed by atoms with E-state index in [1.807, 2.05) is 38.1 Å². The molecule has 0 aliphatic carbocycles. The number of nitrogens with one attached hydrogen (secondary N) is 1. The zero-order valence-electron chi connectivity index (χ0n) is 14.4. The Labute approximate surface area is 165 Å². The number of ether oxygens (including phenoxy) is 2. The quantitative estimate of drug-likeness (QED) is 0.520. The van der Waals surface area contributed by atoms with E-state index in [0.29, 0.717) is 18.7 Å².